The minimum atomic E-state index is -4.46. The molecule has 3 N–H and O–H groups in total. The van der Waals surface area contributed by atoms with Crippen molar-refractivity contribution in [3.63, 3.8) is 0 Å². The van der Waals surface area contributed by atoms with Crippen molar-refractivity contribution in [2.24, 2.45) is 0 Å². The van der Waals surface area contributed by atoms with Crippen LogP contribution in [0, 0.1) is 0 Å². The van der Waals surface area contributed by atoms with Crippen molar-refractivity contribution >= 4 is 35.3 Å². The third-order valence-corrected chi connectivity index (χ3v) is 6.11. The maximum absolute atomic E-state index is 13.0. The molecule has 1 aromatic heterocycles. The minimum Gasteiger partial charge on any atom is -0.449 e. The Morgan fingerprint density at radius 3 is 2.02 bits per heavy atom. The molecule has 234 valence electrons. The lowest BCUT2D eigenvalue weighted by Gasteiger charge is -2.19. The van der Waals surface area contributed by atoms with E-state index in [2.05, 4.69) is 20.9 Å². The van der Waals surface area contributed by atoms with Gasteiger partial charge in [0.15, 0.2) is 0 Å². The van der Waals surface area contributed by atoms with E-state index in [1.54, 1.807) is 87.5 Å². The van der Waals surface area contributed by atoms with Crippen LogP contribution in [0.3, 0.4) is 0 Å². The Morgan fingerprint density at radius 1 is 0.733 bits per heavy atom. The summed E-state index contributed by atoms with van der Waals surface area (Å²) >= 11 is 0. The molecule has 1 heterocycles. The molecule has 45 heavy (non-hydrogen) atoms. The second-order valence-electron chi connectivity index (χ2n) is 10.8. The topological polar surface area (TPSA) is 119 Å². The summed E-state index contributed by atoms with van der Waals surface area (Å²) in [5.74, 6) is -0.147. The van der Waals surface area contributed by atoms with Crippen molar-refractivity contribution in [1.82, 2.24) is 4.98 Å². The smallest absolute Gasteiger partial charge is 0.416 e. The number of nitrogens with zero attached hydrogens (tertiary/aromatic N) is 1. The van der Waals surface area contributed by atoms with Gasteiger partial charge in [0, 0.05) is 29.1 Å². The summed E-state index contributed by atoms with van der Waals surface area (Å²) in [5, 5.41) is 7.92. The van der Waals surface area contributed by atoms with Crippen LogP contribution >= 0.6 is 0 Å². The van der Waals surface area contributed by atoms with Crippen LogP contribution in [0.1, 0.15) is 42.4 Å². The number of alkyl halides is 3. The first-order valence-corrected chi connectivity index (χ1v) is 13.8. The van der Waals surface area contributed by atoms with Crippen LogP contribution in [-0.4, -0.2) is 35.3 Å². The van der Waals surface area contributed by atoms with Crippen LogP contribution < -0.4 is 16.0 Å². The monoisotopic (exact) mass is 620 g/mol. The Hall–Kier alpha value is -5.39. The SMILES string of the molecule is CC(C)(C)OC(=O)Nc1cccc(CCOC(=O)Nc2ccc(NC(=O)c3ccccc3-c3ccc(C(F)(F)F)cc3)cc2)n1. The Morgan fingerprint density at radius 2 is 1.38 bits per heavy atom. The van der Waals surface area contributed by atoms with Gasteiger partial charge in [-0.25, -0.2) is 14.6 Å². The summed E-state index contributed by atoms with van der Waals surface area (Å²) in [7, 11) is 0. The molecule has 4 aromatic rings. The molecular formula is C33H31F3N4O5. The van der Waals surface area contributed by atoms with E-state index >= 15 is 0 Å². The molecular weight excluding hydrogens is 589 g/mol. The lowest BCUT2D eigenvalue weighted by molar-refractivity contribution is -0.137. The van der Waals surface area contributed by atoms with E-state index in [0.29, 0.717) is 40.4 Å². The summed E-state index contributed by atoms with van der Waals surface area (Å²) in [4.78, 5) is 41.6. The number of carbonyl (C=O) groups excluding carboxylic acids is 3. The quantitative estimate of drug-likeness (QED) is 0.183. The molecule has 0 unspecified atom stereocenters. The van der Waals surface area contributed by atoms with Crippen molar-refractivity contribution in [3.05, 3.63) is 108 Å². The normalized spacial score (nSPS) is 11.3. The van der Waals surface area contributed by atoms with Gasteiger partial charge in [-0.2, -0.15) is 13.2 Å². The Kier molecular flexibility index (Phi) is 10.1. The average molecular weight is 621 g/mol. The van der Waals surface area contributed by atoms with Crippen LogP contribution in [-0.2, 0) is 22.1 Å². The highest BCUT2D eigenvalue weighted by molar-refractivity contribution is 6.08. The predicted molar refractivity (Wildman–Crippen MR) is 164 cm³/mol. The Balaban J connectivity index is 1.28. The van der Waals surface area contributed by atoms with Gasteiger partial charge in [-0.1, -0.05) is 36.4 Å². The maximum atomic E-state index is 13.0. The number of aromatic nitrogens is 1. The van der Waals surface area contributed by atoms with E-state index in [4.69, 9.17) is 9.47 Å². The van der Waals surface area contributed by atoms with Crippen LogP contribution in [0.2, 0.25) is 0 Å². The Labute approximate surface area is 257 Å². The van der Waals surface area contributed by atoms with Gasteiger partial charge in [0.1, 0.15) is 11.4 Å². The fraction of sp³-hybridized carbons (Fsp3) is 0.212. The first-order chi connectivity index (χ1) is 21.3. The largest absolute Gasteiger partial charge is 0.449 e. The zero-order valence-electron chi connectivity index (χ0n) is 24.7. The summed E-state index contributed by atoms with van der Waals surface area (Å²) < 4.78 is 49.3. The van der Waals surface area contributed by atoms with Gasteiger partial charge >= 0.3 is 18.4 Å². The molecule has 0 atom stereocenters. The van der Waals surface area contributed by atoms with E-state index in [9.17, 15) is 27.6 Å². The van der Waals surface area contributed by atoms with Crippen LogP contribution in [0.25, 0.3) is 11.1 Å². The van der Waals surface area contributed by atoms with Gasteiger partial charge in [-0.3, -0.25) is 15.4 Å². The fourth-order valence-electron chi connectivity index (χ4n) is 4.11. The number of nitrogens with one attached hydrogen (secondary N) is 3. The summed E-state index contributed by atoms with van der Waals surface area (Å²) in [6.45, 7) is 5.29. The van der Waals surface area contributed by atoms with Gasteiger partial charge in [0.05, 0.1) is 12.2 Å². The number of halogens is 3. The lowest BCUT2D eigenvalue weighted by Crippen LogP contribution is -2.27. The van der Waals surface area contributed by atoms with Crippen molar-refractivity contribution in [1.29, 1.82) is 0 Å². The molecule has 0 aliphatic rings. The molecule has 0 bridgehead atoms. The number of hydrogen-bond acceptors (Lipinski definition) is 6. The average Bonchev–Trinajstić information content (AvgIpc) is 2.97. The number of pyridine rings is 1. The number of rotatable bonds is 8. The van der Waals surface area contributed by atoms with E-state index in [0.717, 1.165) is 12.1 Å². The molecule has 0 fully saturated rings. The molecule has 0 radical (unpaired) electrons. The van der Waals surface area contributed by atoms with Crippen molar-refractivity contribution in [3.8, 4) is 11.1 Å². The van der Waals surface area contributed by atoms with Gasteiger partial charge in [0.25, 0.3) is 5.91 Å². The molecule has 0 saturated heterocycles. The van der Waals surface area contributed by atoms with Gasteiger partial charge < -0.3 is 14.8 Å². The fourth-order valence-corrected chi connectivity index (χ4v) is 4.11. The molecule has 3 aromatic carbocycles. The summed E-state index contributed by atoms with van der Waals surface area (Å²) in [5.41, 5.74) is 1.25. The minimum absolute atomic E-state index is 0.0290. The zero-order chi connectivity index (χ0) is 32.6. The van der Waals surface area contributed by atoms with Gasteiger partial charge in [-0.15, -0.1) is 0 Å². The van der Waals surface area contributed by atoms with Gasteiger partial charge in [0.2, 0.25) is 0 Å². The molecule has 9 nitrogen and oxygen atoms in total. The van der Waals surface area contributed by atoms with Crippen molar-refractivity contribution in [2.45, 2.75) is 39.0 Å². The first kappa shape index (κ1) is 32.5. The van der Waals surface area contributed by atoms with E-state index < -0.39 is 35.4 Å². The van der Waals surface area contributed by atoms with E-state index in [1.165, 1.54) is 12.1 Å². The van der Waals surface area contributed by atoms with Gasteiger partial charge in [-0.05, 0) is 86.5 Å². The highest BCUT2D eigenvalue weighted by Crippen LogP contribution is 2.32. The Bertz CT molecular complexity index is 1650. The summed E-state index contributed by atoms with van der Waals surface area (Å²) in [6, 6.07) is 22.6. The number of hydrogen-bond donors (Lipinski definition) is 3. The molecule has 4 rings (SSSR count). The molecule has 0 aliphatic heterocycles. The van der Waals surface area contributed by atoms with Crippen LogP contribution in [0.5, 0.6) is 0 Å². The molecule has 3 amide bonds. The third kappa shape index (κ3) is 9.82. The lowest BCUT2D eigenvalue weighted by atomic mass is 9.98. The molecule has 0 saturated carbocycles. The first-order valence-electron chi connectivity index (χ1n) is 13.8. The van der Waals surface area contributed by atoms with Crippen molar-refractivity contribution < 1.29 is 37.0 Å². The standard InChI is InChI=1S/C33H31F3N4O5/c1-32(2,3)45-31(43)40-28-10-6-7-23(37-28)19-20-44-30(42)39-25-17-15-24(16-18-25)38-29(41)27-9-5-4-8-26(27)21-11-13-22(14-12-21)33(34,35)36/h4-18H,19-20H2,1-3H3,(H,38,41)(H,39,42)(H,37,40,43). The molecule has 0 aliphatic carbocycles. The van der Waals surface area contributed by atoms with E-state index in [1.807, 2.05) is 0 Å². The molecule has 0 spiro atoms. The number of benzene rings is 3. The second-order valence-corrected chi connectivity index (χ2v) is 10.8. The predicted octanol–water partition coefficient (Wildman–Crippen LogP) is 8.16. The number of amides is 3. The number of carbonyl (C=O) groups is 3. The summed E-state index contributed by atoms with van der Waals surface area (Å²) in [6.07, 6.45) is -5.48. The maximum Gasteiger partial charge on any atom is 0.416 e. The highest BCUT2D eigenvalue weighted by Gasteiger charge is 2.30. The van der Waals surface area contributed by atoms with Crippen LogP contribution in [0.15, 0.2) is 91.0 Å². The van der Waals surface area contributed by atoms with Crippen LogP contribution in [0.4, 0.5) is 40.0 Å². The number of ether oxygens (including phenoxy) is 2. The third-order valence-electron chi connectivity index (χ3n) is 6.11. The second kappa shape index (κ2) is 13.9. The highest BCUT2D eigenvalue weighted by atomic mass is 19.4. The van der Waals surface area contributed by atoms with Crippen molar-refractivity contribution in [2.75, 3.05) is 22.6 Å². The number of anilines is 3. The zero-order valence-corrected chi connectivity index (χ0v) is 24.7. The van der Waals surface area contributed by atoms with E-state index in [-0.39, 0.29) is 12.2 Å². The molecule has 12 heteroatoms.